The summed E-state index contributed by atoms with van der Waals surface area (Å²) in [6.07, 6.45) is 2.81. The van der Waals surface area contributed by atoms with E-state index in [9.17, 15) is 4.79 Å². The van der Waals surface area contributed by atoms with E-state index in [0.717, 1.165) is 34.7 Å². The second-order valence-electron chi connectivity index (χ2n) is 6.37. The fourth-order valence-electron chi connectivity index (χ4n) is 3.21. The van der Waals surface area contributed by atoms with E-state index in [2.05, 4.69) is 24.0 Å². The third kappa shape index (κ3) is 3.81. The van der Waals surface area contributed by atoms with Gasteiger partial charge in [-0.3, -0.25) is 4.99 Å². The van der Waals surface area contributed by atoms with E-state index in [4.69, 9.17) is 16.7 Å². The van der Waals surface area contributed by atoms with Crippen molar-refractivity contribution in [1.82, 2.24) is 4.57 Å². The maximum absolute atomic E-state index is 11.2. The molecule has 0 radical (unpaired) electrons. The van der Waals surface area contributed by atoms with Crippen molar-refractivity contribution in [1.29, 1.82) is 0 Å². The van der Waals surface area contributed by atoms with Crippen molar-refractivity contribution in [2.45, 2.75) is 27.2 Å². The summed E-state index contributed by atoms with van der Waals surface area (Å²) in [5.41, 5.74) is 6.16. The van der Waals surface area contributed by atoms with E-state index in [1.54, 1.807) is 12.1 Å². The third-order valence-electron chi connectivity index (χ3n) is 4.63. The first-order valence-corrected chi connectivity index (χ1v) is 9.14. The number of benzene rings is 2. The Morgan fingerprint density at radius 2 is 1.93 bits per heavy atom. The van der Waals surface area contributed by atoms with Crippen LogP contribution in [-0.2, 0) is 6.42 Å². The molecule has 1 heterocycles. The minimum absolute atomic E-state index is 0.0980. The number of para-hydroxylation sites is 1. The van der Waals surface area contributed by atoms with Crippen molar-refractivity contribution in [3.8, 4) is 5.69 Å². The second-order valence-corrected chi connectivity index (χ2v) is 6.78. The third-order valence-corrected chi connectivity index (χ3v) is 4.94. The summed E-state index contributed by atoms with van der Waals surface area (Å²) in [7, 11) is 0. The molecule has 0 aliphatic heterocycles. The van der Waals surface area contributed by atoms with Crippen LogP contribution in [0.2, 0.25) is 5.02 Å². The van der Waals surface area contributed by atoms with E-state index in [0.29, 0.717) is 0 Å². The van der Waals surface area contributed by atoms with Crippen LogP contribution in [0.3, 0.4) is 0 Å². The number of nitrogens with zero attached hydrogens (tertiary/aromatic N) is 2. The number of aliphatic imine (C=N–C) groups is 1. The SMILES string of the molecule is CCc1ccccc1N=Cc1cc(C)n(-c2ccc(C(=O)O)c(Cl)c2)c1C. The summed E-state index contributed by atoms with van der Waals surface area (Å²) in [6, 6.07) is 15.1. The standard InChI is InChI=1S/C22H21ClN2O2/c1-4-16-7-5-6-8-21(16)24-13-17-11-14(2)25(15(17)3)18-9-10-19(22(26)27)20(23)12-18/h5-13H,4H2,1-3H3,(H,26,27). The fraction of sp³-hybridized carbons (Fsp3) is 0.182. The van der Waals surface area contributed by atoms with E-state index in [1.165, 1.54) is 11.6 Å². The highest BCUT2D eigenvalue weighted by Gasteiger charge is 2.13. The number of hydrogen-bond donors (Lipinski definition) is 1. The molecular formula is C22H21ClN2O2. The topological polar surface area (TPSA) is 54.6 Å². The van der Waals surface area contributed by atoms with Gasteiger partial charge in [-0.05, 0) is 56.2 Å². The Bertz CT molecular complexity index is 1030. The summed E-state index contributed by atoms with van der Waals surface area (Å²) < 4.78 is 2.05. The Morgan fingerprint density at radius 1 is 1.19 bits per heavy atom. The number of carbonyl (C=O) groups is 1. The predicted octanol–water partition coefficient (Wildman–Crippen LogP) is 5.76. The number of carboxylic acids is 1. The molecule has 0 unspecified atom stereocenters. The van der Waals surface area contributed by atoms with Crippen molar-refractivity contribution in [3.05, 3.63) is 81.6 Å². The molecule has 0 spiro atoms. The van der Waals surface area contributed by atoms with Crippen LogP contribution >= 0.6 is 11.6 Å². The lowest BCUT2D eigenvalue weighted by atomic mass is 10.1. The lowest BCUT2D eigenvalue weighted by molar-refractivity contribution is 0.0697. The van der Waals surface area contributed by atoms with Gasteiger partial charge in [-0.25, -0.2) is 4.79 Å². The van der Waals surface area contributed by atoms with Crippen molar-refractivity contribution < 1.29 is 9.90 Å². The van der Waals surface area contributed by atoms with Gasteiger partial charge < -0.3 is 9.67 Å². The first-order chi connectivity index (χ1) is 12.9. The number of aryl methyl sites for hydroxylation is 2. The Hall–Kier alpha value is -2.85. The summed E-state index contributed by atoms with van der Waals surface area (Å²) in [6.45, 7) is 6.13. The minimum atomic E-state index is -1.03. The number of hydrogen-bond acceptors (Lipinski definition) is 2. The van der Waals surface area contributed by atoms with Gasteiger partial charge in [0.15, 0.2) is 0 Å². The lowest BCUT2D eigenvalue weighted by Crippen LogP contribution is -2.02. The summed E-state index contributed by atoms with van der Waals surface area (Å²) in [5.74, 6) is -1.03. The molecule has 3 rings (SSSR count). The highest BCUT2D eigenvalue weighted by molar-refractivity contribution is 6.33. The molecule has 0 aliphatic rings. The molecule has 1 aromatic heterocycles. The van der Waals surface area contributed by atoms with E-state index in [-0.39, 0.29) is 10.6 Å². The summed E-state index contributed by atoms with van der Waals surface area (Å²) in [4.78, 5) is 15.8. The predicted molar refractivity (Wildman–Crippen MR) is 110 cm³/mol. The Balaban J connectivity index is 1.99. The van der Waals surface area contributed by atoms with Gasteiger partial charge in [0.1, 0.15) is 0 Å². The molecular weight excluding hydrogens is 360 g/mol. The number of aromatic nitrogens is 1. The van der Waals surface area contributed by atoms with Crippen LogP contribution < -0.4 is 0 Å². The lowest BCUT2D eigenvalue weighted by Gasteiger charge is -2.11. The van der Waals surface area contributed by atoms with Crippen LogP contribution in [0, 0.1) is 13.8 Å². The first-order valence-electron chi connectivity index (χ1n) is 8.76. The number of halogens is 1. The number of aromatic carboxylic acids is 1. The molecule has 4 nitrogen and oxygen atoms in total. The zero-order valence-electron chi connectivity index (χ0n) is 15.5. The van der Waals surface area contributed by atoms with Crippen LogP contribution in [0.25, 0.3) is 5.69 Å². The van der Waals surface area contributed by atoms with E-state index >= 15 is 0 Å². The highest BCUT2D eigenvalue weighted by atomic mass is 35.5. The summed E-state index contributed by atoms with van der Waals surface area (Å²) >= 11 is 6.14. The average Bonchev–Trinajstić information content (AvgIpc) is 2.93. The van der Waals surface area contributed by atoms with Crippen molar-refractivity contribution in [2.24, 2.45) is 4.99 Å². The zero-order valence-corrected chi connectivity index (χ0v) is 16.3. The molecule has 138 valence electrons. The van der Waals surface area contributed by atoms with Gasteiger partial charge in [0, 0.05) is 28.9 Å². The number of rotatable bonds is 5. The highest BCUT2D eigenvalue weighted by Crippen LogP contribution is 2.26. The van der Waals surface area contributed by atoms with Gasteiger partial charge in [0.05, 0.1) is 16.3 Å². The Kier molecular flexibility index (Phi) is 5.47. The molecule has 1 N–H and O–H groups in total. The van der Waals surface area contributed by atoms with Gasteiger partial charge in [-0.15, -0.1) is 0 Å². The minimum Gasteiger partial charge on any atom is -0.478 e. The Morgan fingerprint density at radius 3 is 2.59 bits per heavy atom. The Labute approximate surface area is 163 Å². The monoisotopic (exact) mass is 380 g/mol. The largest absolute Gasteiger partial charge is 0.478 e. The van der Waals surface area contributed by atoms with Gasteiger partial charge in [0.25, 0.3) is 0 Å². The van der Waals surface area contributed by atoms with Gasteiger partial charge in [0.2, 0.25) is 0 Å². The van der Waals surface area contributed by atoms with Gasteiger partial charge >= 0.3 is 5.97 Å². The maximum atomic E-state index is 11.2. The van der Waals surface area contributed by atoms with E-state index < -0.39 is 5.97 Å². The first kappa shape index (κ1) is 18.9. The molecule has 0 atom stereocenters. The second kappa shape index (κ2) is 7.80. The van der Waals surface area contributed by atoms with Gasteiger partial charge in [-0.2, -0.15) is 0 Å². The van der Waals surface area contributed by atoms with Crippen LogP contribution in [0.5, 0.6) is 0 Å². The van der Waals surface area contributed by atoms with Crippen LogP contribution in [0.1, 0.15) is 39.8 Å². The van der Waals surface area contributed by atoms with Crippen molar-refractivity contribution in [3.63, 3.8) is 0 Å². The molecule has 3 aromatic rings. The van der Waals surface area contributed by atoms with Crippen molar-refractivity contribution in [2.75, 3.05) is 0 Å². The van der Waals surface area contributed by atoms with E-state index in [1.807, 2.05) is 42.8 Å². The normalized spacial score (nSPS) is 11.3. The molecule has 2 aromatic carbocycles. The van der Waals surface area contributed by atoms with Crippen LogP contribution in [-0.4, -0.2) is 21.9 Å². The van der Waals surface area contributed by atoms with Crippen molar-refractivity contribution >= 4 is 29.5 Å². The van der Waals surface area contributed by atoms with Gasteiger partial charge in [-0.1, -0.05) is 36.7 Å². The molecule has 0 amide bonds. The quantitative estimate of drug-likeness (QED) is 0.572. The smallest absolute Gasteiger partial charge is 0.337 e. The number of carboxylic acid groups (broad SMARTS) is 1. The molecule has 5 heteroatoms. The molecule has 0 saturated heterocycles. The molecule has 0 saturated carbocycles. The average molecular weight is 381 g/mol. The molecule has 27 heavy (non-hydrogen) atoms. The molecule has 0 fully saturated rings. The fourth-order valence-corrected chi connectivity index (χ4v) is 3.46. The summed E-state index contributed by atoms with van der Waals surface area (Å²) in [5, 5.41) is 9.37. The van der Waals surface area contributed by atoms with Crippen LogP contribution in [0.4, 0.5) is 5.69 Å². The van der Waals surface area contributed by atoms with Crippen LogP contribution in [0.15, 0.2) is 53.5 Å². The maximum Gasteiger partial charge on any atom is 0.337 e. The molecule has 0 aliphatic carbocycles. The zero-order chi connectivity index (χ0) is 19.6. The molecule has 0 bridgehead atoms.